The molecule has 2 amide bonds. The van der Waals surface area contributed by atoms with E-state index < -0.39 is 5.41 Å². The Bertz CT molecular complexity index is 1380. The van der Waals surface area contributed by atoms with E-state index in [9.17, 15) is 9.59 Å². The summed E-state index contributed by atoms with van der Waals surface area (Å²) in [5.74, 6) is 1.32. The van der Waals surface area contributed by atoms with Crippen LogP contribution in [0.25, 0.3) is 11.1 Å². The van der Waals surface area contributed by atoms with Crippen LogP contribution in [0.5, 0.6) is 11.5 Å². The lowest BCUT2D eigenvalue weighted by atomic mass is 9.94. The van der Waals surface area contributed by atoms with Gasteiger partial charge < -0.3 is 24.8 Å². The maximum absolute atomic E-state index is 13.4. The molecule has 2 N–H and O–H groups in total. The van der Waals surface area contributed by atoms with E-state index in [2.05, 4.69) is 15.5 Å². The molecule has 39 heavy (non-hydrogen) atoms. The second kappa shape index (κ2) is 10.7. The molecule has 202 valence electrons. The molecule has 1 saturated carbocycles. The predicted octanol–water partition coefficient (Wildman–Crippen LogP) is 4.12. The predicted molar refractivity (Wildman–Crippen MR) is 148 cm³/mol. The van der Waals surface area contributed by atoms with Crippen LogP contribution >= 0.6 is 0 Å². The Labute approximate surface area is 228 Å². The van der Waals surface area contributed by atoms with Crippen LogP contribution in [0.4, 0.5) is 5.69 Å². The van der Waals surface area contributed by atoms with E-state index in [1.54, 1.807) is 0 Å². The summed E-state index contributed by atoms with van der Waals surface area (Å²) in [4.78, 5) is 28.3. The van der Waals surface area contributed by atoms with E-state index >= 15 is 0 Å². The van der Waals surface area contributed by atoms with Crippen molar-refractivity contribution < 1.29 is 23.8 Å². The van der Waals surface area contributed by atoms with Gasteiger partial charge in [0.15, 0.2) is 11.5 Å². The second-order valence-electron chi connectivity index (χ2n) is 10.4. The van der Waals surface area contributed by atoms with E-state index in [-0.39, 0.29) is 18.6 Å². The highest BCUT2D eigenvalue weighted by Crippen LogP contribution is 2.51. The second-order valence-corrected chi connectivity index (χ2v) is 10.4. The summed E-state index contributed by atoms with van der Waals surface area (Å²) in [6.07, 6.45) is 1.60. The maximum Gasteiger partial charge on any atom is 0.251 e. The first-order chi connectivity index (χ1) is 19.0. The van der Waals surface area contributed by atoms with Crippen LogP contribution in [0, 0.1) is 6.92 Å². The molecule has 0 aromatic heterocycles. The molecular weight excluding hydrogens is 494 g/mol. The maximum atomic E-state index is 13.4. The summed E-state index contributed by atoms with van der Waals surface area (Å²) in [7, 11) is 0. The van der Waals surface area contributed by atoms with Gasteiger partial charge in [-0.1, -0.05) is 24.3 Å². The van der Waals surface area contributed by atoms with Crippen molar-refractivity contribution in [2.75, 3.05) is 51.5 Å². The Morgan fingerprint density at radius 2 is 1.69 bits per heavy atom. The number of carbonyl (C=O) groups is 2. The number of aryl methyl sites for hydroxylation is 1. The molecule has 3 aromatic rings. The number of hydrogen-bond donors (Lipinski definition) is 2. The molecule has 0 atom stereocenters. The van der Waals surface area contributed by atoms with Crippen molar-refractivity contribution in [3.8, 4) is 22.6 Å². The van der Waals surface area contributed by atoms with Crippen LogP contribution in [0.15, 0.2) is 60.7 Å². The molecule has 0 spiro atoms. The minimum Gasteiger partial charge on any atom is -0.454 e. The molecule has 0 unspecified atom stereocenters. The van der Waals surface area contributed by atoms with Gasteiger partial charge in [-0.05, 0) is 78.4 Å². The van der Waals surface area contributed by atoms with Crippen LogP contribution in [0.2, 0.25) is 0 Å². The SMILES string of the molecule is Cc1ccc(NC(=O)C2(c3ccc4c(c3)OCO4)CC2)cc1-c1ccc(C(=O)NCCN2CCOCC2)cc1. The van der Waals surface area contributed by atoms with Crippen molar-refractivity contribution in [3.05, 3.63) is 77.4 Å². The third-order valence-electron chi connectivity index (χ3n) is 7.88. The number of nitrogens with one attached hydrogen (secondary N) is 2. The fraction of sp³-hybridized carbons (Fsp3) is 0.355. The van der Waals surface area contributed by atoms with E-state index in [1.165, 1.54) is 0 Å². The average Bonchev–Trinajstić information content (AvgIpc) is 3.65. The topological polar surface area (TPSA) is 89.1 Å². The van der Waals surface area contributed by atoms with Gasteiger partial charge in [0.05, 0.1) is 18.6 Å². The summed E-state index contributed by atoms with van der Waals surface area (Å²) < 4.78 is 16.3. The van der Waals surface area contributed by atoms with Gasteiger partial charge in [-0.25, -0.2) is 0 Å². The number of ether oxygens (including phenoxy) is 3. The number of amides is 2. The molecule has 1 saturated heterocycles. The third-order valence-corrected chi connectivity index (χ3v) is 7.88. The molecule has 6 rings (SSSR count). The number of carbonyl (C=O) groups excluding carboxylic acids is 2. The fourth-order valence-electron chi connectivity index (χ4n) is 5.28. The Kier molecular flexibility index (Phi) is 6.97. The highest BCUT2D eigenvalue weighted by Gasteiger charge is 2.51. The quantitative estimate of drug-likeness (QED) is 0.458. The number of fused-ring (bicyclic) bond motifs is 1. The van der Waals surface area contributed by atoms with E-state index in [1.807, 2.05) is 67.6 Å². The molecule has 8 nitrogen and oxygen atoms in total. The van der Waals surface area contributed by atoms with Gasteiger partial charge in [0.25, 0.3) is 5.91 Å². The van der Waals surface area contributed by atoms with Gasteiger partial charge in [0.2, 0.25) is 12.7 Å². The van der Waals surface area contributed by atoms with Gasteiger partial charge >= 0.3 is 0 Å². The standard InChI is InChI=1S/C31H33N3O5/c1-21-2-8-25(33-30(36)31(10-11-31)24-7-9-27-28(18-24)39-20-38-27)19-26(21)22-3-5-23(6-4-22)29(35)32-12-13-34-14-16-37-17-15-34/h2-9,18-19H,10-17,20H2,1H3,(H,32,35)(H,33,36). The average molecular weight is 528 g/mol. The summed E-state index contributed by atoms with van der Waals surface area (Å²) in [6.45, 7) is 7.00. The molecular formula is C31H33N3O5. The summed E-state index contributed by atoms with van der Waals surface area (Å²) in [6, 6.07) is 19.3. The molecule has 2 heterocycles. The van der Waals surface area contributed by atoms with Crippen molar-refractivity contribution in [2.45, 2.75) is 25.2 Å². The van der Waals surface area contributed by atoms with Crippen molar-refractivity contribution in [3.63, 3.8) is 0 Å². The zero-order valence-corrected chi connectivity index (χ0v) is 22.1. The fourth-order valence-corrected chi connectivity index (χ4v) is 5.28. The molecule has 0 radical (unpaired) electrons. The minimum absolute atomic E-state index is 0.0136. The third kappa shape index (κ3) is 5.35. The Morgan fingerprint density at radius 3 is 2.46 bits per heavy atom. The molecule has 3 aromatic carbocycles. The van der Waals surface area contributed by atoms with E-state index in [0.29, 0.717) is 17.9 Å². The summed E-state index contributed by atoms with van der Waals surface area (Å²) in [5, 5.41) is 6.15. The molecule has 0 bridgehead atoms. The highest BCUT2D eigenvalue weighted by molar-refractivity contribution is 6.02. The first-order valence-corrected chi connectivity index (χ1v) is 13.5. The van der Waals surface area contributed by atoms with Crippen molar-refractivity contribution >= 4 is 17.5 Å². The van der Waals surface area contributed by atoms with Crippen LogP contribution in [0.3, 0.4) is 0 Å². The summed E-state index contributed by atoms with van der Waals surface area (Å²) in [5.41, 5.74) is 4.89. The Balaban J connectivity index is 1.11. The summed E-state index contributed by atoms with van der Waals surface area (Å²) >= 11 is 0. The molecule has 1 aliphatic carbocycles. The molecule has 2 aliphatic heterocycles. The van der Waals surface area contributed by atoms with Crippen molar-refractivity contribution in [1.82, 2.24) is 10.2 Å². The molecule has 8 heteroatoms. The zero-order chi connectivity index (χ0) is 26.8. The number of anilines is 1. The van der Waals surface area contributed by atoms with Gasteiger partial charge in [-0.3, -0.25) is 14.5 Å². The monoisotopic (exact) mass is 527 g/mol. The Hall–Kier alpha value is -3.88. The number of hydrogen-bond acceptors (Lipinski definition) is 6. The largest absolute Gasteiger partial charge is 0.454 e. The van der Waals surface area contributed by atoms with Crippen molar-refractivity contribution in [1.29, 1.82) is 0 Å². The van der Waals surface area contributed by atoms with Crippen LogP contribution in [-0.2, 0) is 14.9 Å². The van der Waals surface area contributed by atoms with Crippen molar-refractivity contribution in [2.24, 2.45) is 0 Å². The number of morpholine rings is 1. The number of rotatable bonds is 8. The normalized spacial score (nSPS) is 17.5. The lowest BCUT2D eigenvalue weighted by molar-refractivity contribution is -0.118. The lowest BCUT2D eigenvalue weighted by Gasteiger charge is -2.26. The minimum atomic E-state index is -0.539. The van der Waals surface area contributed by atoms with Gasteiger partial charge in [0.1, 0.15) is 0 Å². The van der Waals surface area contributed by atoms with Gasteiger partial charge in [0, 0.05) is 37.4 Å². The smallest absolute Gasteiger partial charge is 0.251 e. The van der Waals surface area contributed by atoms with Crippen LogP contribution < -0.4 is 20.1 Å². The van der Waals surface area contributed by atoms with Crippen LogP contribution in [-0.4, -0.2) is 62.9 Å². The Morgan fingerprint density at radius 1 is 0.923 bits per heavy atom. The van der Waals surface area contributed by atoms with E-state index in [0.717, 1.165) is 79.4 Å². The highest BCUT2D eigenvalue weighted by atomic mass is 16.7. The van der Waals surface area contributed by atoms with Crippen LogP contribution in [0.1, 0.15) is 34.3 Å². The number of benzene rings is 3. The van der Waals surface area contributed by atoms with Gasteiger partial charge in [-0.15, -0.1) is 0 Å². The molecule has 3 aliphatic rings. The molecule has 2 fully saturated rings. The first-order valence-electron chi connectivity index (χ1n) is 13.5. The zero-order valence-electron chi connectivity index (χ0n) is 22.1. The number of nitrogens with zero attached hydrogens (tertiary/aromatic N) is 1. The van der Waals surface area contributed by atoms with E-state index in [4.69, 9.17) is 14.2 Å². The van der Waals surface area contributed by atoms with Gasteiger partial charge in [-0.2, -0.15) is 0 Å². The first kappa shape index (κ1) is 25.4. The lowest BCUT2D eigenvalue weighted by Crippen LogP contribution is -2.41.